The number of hydrogen-bond acceptors (Lipinski definition) is 2. The summed E-state index contributed by atoms with van der Waals surface area (Å²) in [5.74, 6) is -0.457. The zero-order chi connectivity index (χ0) is 10.7. The maximum atomic E-state index is 11.4. The fourth-order valence-corrected chi connectivity index (χ4v) is 2.38. The van der Waals surface area contributed by atoms with Gasteiger partial charge in [0, 0.05) is 9.50 Å². The molecule has 0 unspecified atom stereocenters. The highest BCUT2D eigenvalue weighted by molar-refractivity contribution is 9.10. The van der Waals surface area contributed by atoms with Crippen molar-refractivity contribution in [1.29, 1.82) is 0 Å². The molecule has 0 atom stereocenters. The first-order valence-corrected chi connectivity index (χ1v) is 5.42. The van der Waals surface area contributed by atoms with Crippen molar-refractivity contribution < 1.29 is 9.53 Å². The van der Waals surface area contributed by atoms with E-state index in [2.05, 4.69) is 15.9 Å². The van der Waals surface area contributed by atoms with E-state index in [0.717, 1.165) is 0 Å². The molecule has 0 saturated heterocycles. The monoisotopic (exact) mass is 296 g/mol. The third-order valence-corrected chi connectivity index (χ3v) is 2.63. The molecule has 0 aliphatic heterocycles. The number of carbonyl (C=O) groups excluding carboxylic acids is 1. The summed E-state index contributed by atoms with van der Waals surface area (Å²) in [6.45, 7) is 2.04. The first kappa shape index (κ1) is 11.8. The van der Waals surface area contributed by atoms with Gasteiger partial charge in [-0.3, -0.25) is 0 Å². The average Bonchev–Trinajstić information content (AvgIpc) is 2.01. The summed E-state index contributed by atoms with van der Waals surface area (Å²) in [6, 6.07) is 3.10. The van der Waals surface area contributed by atoms with Gasteiger partial charge in [-0.1, -0.05) is 23.2 Å². The van der Waals surface area contributed by atoms with Gasteiger partial charge in [0.1, 0.15) is 0 Å². The Labute approximate surface area is 100 Å². The molecule has 0 radical (unpaired) electrons. The number of benzene rings is 1. The molecule has 0 spiro atoms. The smallest absolute Gasteiger partial charge is 0.340 e. The molecule has 0 aliphatic rings. The van der Waals surface area contributed by atoms with Crippen molar-refractivity contribution in [2.24, 2.45) is 0 Å². The Morgan fingerprint density at radius 1 is 1.50 bits per heavy atom. The van der Waals surface area contributed by atoms with E-state index in [1.54, 1.807) is 13.0 Å². The molecule has 1 aromatic rings. The molecule has 0 saturated carbocycles. The topological polar surface area (TPSA) is 26.3 Å². The fourth-order valence-electron chi connectivity index (χ4n) is 0.940. The Bertz CT molecular complexity index is 343. The lowest BCUT2D eigenvalue weighted by atomic mass is 10.2. The van der Waals surface area contributed by atoms with Gasteiger partial charge in [0.05, 0.1) is 17.2 Å². The van der Waals surface area contributed by atoms with Crippen molar-refractivity contribution in [3.63, 3.8) is 0 Å². The second-order valence-electron chi connectivity index (χ2n) is 2.46. The molecule has 0 amide bonds. The SMILES string of the molecule is CCOC(=O)c1c(Cl)cc(Cl)cc1Br. The van der Waals surface area contributed by atoms with Gasteiger partial charge < -0.3 is 4.74 Å². The van der Waals surface area contributed by atoms with E-state index in [4.69, 9.17) is 27.9 Å². The highest BCUT2D eigenvalue weighted by Gasteiger charge is 2.16. The summed E-state index contributed by atoms with van der Waals surface area (Å²) in [6.07, 6.45) is 0. The van der Waals surface area contributed by atoms with Gasteiger partial charge in [-0.25, -0.2) is 4.79 Å². The number of rotatable bonds is 2. The Morgan fingerprint density at radius 3 is 2.64 bits per heavy atom. The summed E-state index contributed by atoms with van der Waals surface area (Å²) in [7, 11) is 0. The van der Waals surface area contributed by atoms with Crippen molar-refractivity contribution in [3.8, 4) is 0 Å². The van der Waals surface area contributed by atoms with Crippen LogP contribution in [0.4, 0.5) is 0 Å². The van der Waals surface area contributed by atoms with Crippen molar-refractivity contribution >= 4 is 45.1 Å². The lowest BCUT2D eigenvalue weighted by Gasteiger charge is -2.06. The number of esters is 1. The van der Waals surface area contributed by atoms with Crippen molar-refractivity contribution in [3.05, 3.63) is 32.2 Å². The Morgan fingerprint density at radius 2 is 2.14 bits per heavy atom. The summed E-state index contributed by atoms with van der Waals surface area (Å²) in [4.78, 5) is 11.4. The van der Waals surface area contributed by atoms with Crippen LogP contribution in [0.3, 0.4) is 0 Å². The van der Waals surface area contributed by atoms with Gasteiger partial charge in [0.15, 0.2) is 0 Å². The van der Waals surface area contributed by atoms with E-state index in [0.29, 0.717) is 21.7 Å². The summed E-state index contributed by atoms with van der Waals surface area (Å²) in [5.41, 5.74) is 0.304. The minimum absolute atomic E-state index is 0.280. The summed E-state index contributed by atoms with van der Waals surface area (Å²) < 4.78 is 5.37. The average molecular weight is 298 g/mol. The third kappa shape index (κ3) is 2.62. The third-order valence-electron chi connectivity index (χ3n) is 1.49. The normalized spacial score (nSPS) is 10.0. The van der Waals surface area contributed by atoms with Crippen LogP contribution in [-0.2, 0) is 4.74 Å². The van der Waals surface area contributed by atoms with Gasteiger partial charge in [-0.15, -0.1) is 0 Å². The Balaban J connectivity index is 3.14. The predicted octanol–water partition coefficient (Wildman–Crippen LogP) is 3.93. The summed E-state index contributed by atoms with van der Waals surface area (Å²) in [5, 5.41) is 0.748. The molecule has 1 aromatic carbocycles. The van der Waals surface area contributed by atoms with E-state index in [1.165, 1.54) is 6.07 Å². The minimum atomic E-state index is -0.457. The minimum Gasteiger partial charge on any atom is -0.462 e. The largest absolute Gasteiger partial charge is 0.462 e. The van der Waals surface area contributed by atoms with E-state index < -0.39 is 5.97 Å². The van der Waals surface area contributed by atoms with Crippen LogP contribution in [0.1, 0.15) is 17.3 Å². The lowest BCUT2D eigenvalue weighted by molar-refractivity contribution is 0.0525. The standard InChI is InChI=1S/C9H7BrCl2O2/c1-2-14-9(13)8-6(10)3-5(11)4-7(8)12/h3-4H,2H2,1H3. The van der Waals surface area contributed by atoms with Crippen LogP contribution in [0, 0.1) is 0 Å². The van der Waals surface area contributed by atoms with E-state index in [9.17, 15) is 4.79 Å². The van der Waals surface area contributed by atoms with Crippen LogP contribution in [-0.4, -0.2) is 12.6 Å². The molecular weight excluding hydrogens is 291 g/mol. The van der Waals surface area contributed by atoms with Crippen LogP contribution < -0.4 is 0 Å². The predicted molar refractivity (Wildman–Crippen MR) is 60.1 cm³/mol. The zero-order valence-electron chi connectivity index (χ0n) is 7.31. The lowest BCUT2D eigenvalue weighted by Crippen LogP contribution is -2.06. The van der Waals surface area contributed by atoms with Crippen molar-refractivity contribution in [2.45, 2.75) is 6.92 Å². The van der Waals surface area contributed by atoms with Gasteiger partial charge >= 0.3 is 5.97 Å². The van der Waals surface area contributed by atoms with E-state index in [-0.39, 0.29) is 5.02 Å². The van der Waals surface area contributed by atoms with Crippen LogP contribution in [0.2, 0.25) is 10.0 Å². The van der Waals surface area contributed by atoms with Gasteiger partial charge in [-0.05, 0) is 35.0 Å². The first-order valence-electron chi connectivity index (χ1n) is 3.88. The molecule has 0 aromatic heterocycles. The molecule has 0 aliphatic carbocycles. The molecular formula is C9H7BrCl2O2. The molecule has 5 heteroatoms. The second kappa shape index (κ2) is 5.01. The zero-order valence-corrected chi connectivity index (χ0v) is 10.4. The van der Waals surface area contributed by atoms with Crippen LogP contribution >= 0.6 is 39.1 Å². The molecule has 76 valence electrons. The first-order chi connectivity index (χ1) is 6.56. The maximum Gasteiger partial charge on any atom is 0.340 e. The molecule has 14 heavy (non-hydrogen) atoms. The number of carbonyl (C=O) groups is 1. The van der Waals surface area contributed by atoms with E-state index >= 15 is 0 Å². The van der Waals surface area contributed by atoms with Gasteiger partial charge in [0.2, 0.25) is 0 Å². The quantitative estimate of drug-likeness (QED) is 0.773. The molecule has 0 fully saturated rings. The molecule has 0 heterocycles. The molecule has 2 nitrogen and oxygen atoms in total. The van der Waals surface area contributed by atoms with Crippen LogP contribution in [0.15, 0.2) is 16.6 Å². The highest BCUT2D eigenvalue weighted by atomic mass is 79.9. The van der Waals surface area contributed by atoms with Crippen LogP contribution in [0.5, 0.6) is 0 Å². The molecule has 0 N–H and O–H groups in total. The Kier molecular flexibility index (Phi) is 4.23. The molecule has 0 bridgehead atoms. The van der Waals surface area contributed by atoms with Crippen molar-refractivity contribution in [1.82, 2.24) is 0 Å². The Hall–Kier alpha value is -0.250. The summed E-state index contributed by atoms with van der Waals surface area (Å²) >= 11 is 14.8. The van der Waals surface area contributed by atoms with Gasteiger partial charge in [-0.2, -0.15) is 0 Å². The highest BCUT2D eigenvalue weighted by Crippen LogP contribution is 2.29. The fraction of sp³-hybridized carbons (Fsp3) is 0.222. The van der Waals surface area contributed by atoms with E-state index in [1.807, 2.05) is 0 Å². The van der Waals surface area contributed by atoms with Crippen molar-refractivity contribution in [2.75, 3.05) is 6.61 Å². The van der Waals surface area contributed by atoms with Crippen LogP contribution in [0.25, 0.3) is 0 Å². The van der Waals surface area contributed by atoms with Gasteiger partial charge in [0.25, 0.3) is 0 Å². The number of ether oxygens (including phenoxy) is 1. The molecule has 1 rings (SSSR count). The number of halogens is 3. The second-order valence-corrected chi connectivity index (χ2v) is 4.16. The maximum absolute atomic E-state index is 11.4. The number of hydrogen-bond donors (Lipinski definition) is 0.